The van der Waals surface area contributed by atoms with Gasteiger partial charge in [0.2, 0.25) is 0 Å². The first-order valence-corrected chi connectivity index (χ1v) is 6.89. The Labute approximate surface area is 111 Å². The van der Waals surface area contributed by atoms with Crippen LogP contribution in [0.5, 0.6) is 0 Å². The van der Waals surface area contributed by atoms with Crippen LogP contribution in [0.3, 0.4) is 0 Å². The molecule has 1 aromatic heterocycles. The molecule has 0 aliphatic rings. The molecule has 2 rings (SSSR count). The summed E-state index contributed by atoms with van der Waals surface area (Å²) in [5.74, 6) is 0. The summed E-state index contributed by atoms with van der Waals surface area (Å²) in [5, 5.41) is 4.67. The lowest BCUT2D eigenvalue weighted by Crippen LogP contribution is -2.23. The lowest BCUT2D eigenvalue weighted by Gasteiger charge is -2.08. The van der Waals surface area contributed by atoms with E-state index in [1.165, 1.54) is 16.5 Å². The summed E-state index contributed by atoms with van der Waals surface area (Å²) >= 11 is 3.54. The first kappa shape index (κ1) is 12.7. The van der Waals surface area contributed by atoms with Gasteiger partial charge in [-0.15, -0.1) is 0 Å². The van der Waals surface area contributed by atoms with Crippen molar-refractivity contribution in [2.24, 2.45) is 0 Å². The van der Waals surface area contributed by atoms with Crippen LogP contribution in [0.2, 0.25) is 0 Å². The Balaban J connectivity index is 2.49. The zero-order chi connectivity index (χ0) is 12.4. The van der Waals surface area contributed by atoms with Gasteiger partial charge in [-0.2, -0.15) is 0 Å². The van der Waals surface area contributed by atoms with E-state index >= 15 is 0 Å². The van der Waals surface area contributed by atoms with Gasteiger partial charge in [0.15, 0.2) is 0 Å². The molecule has 0 radical (unpaired) electrons. The molecule has 0 fully saturated rings. The predicted octanol–water partition coefficient (Wildman–Crippen LogP) is 3.57. The second-order valence-electron chi connectivity index (χ2n) is 4.50. The SMILES string of the molecule is CCn1cc(CC(C)NC)c2ccc(Br)cc21. The summed E-state index contributed by atoms with van der Waals surface area (Å²) in [6, 6.07) is 7.04. The number of hydrogen-bond donors (Lipinski definition) is 1. The number of rotatable bonds is 4. The van der Waals surface area contributed by atoms with E-state index in [9.17, 15) is 0 Å². The standard InChI is InChI=1S/C14H19BrN2/c1-4-17-9-11(7-10(2)16-3)13-6-5-12(15)8-14(13)17/h5-6,8-10,16H,4,7H2,1-3H3. The van der Waals surface area contributed by atoms with Crippen LogP contribution in [0, 0.1) is 0 Å². The van der Waals surface area contributed by atoms with E-state index in [1.54, 1.807) is 0 Å². The molecule has 2 aromatic rings. The third-order valence-corrected chi connectivity index (χ3v) is 3.78. The number of aryl methyl sites for hydroxylation is 1. The molecule has 92 valence electrons. The number of nitrogens with one attached hydrogen (secondary N) is 1. The van der Waals surface area contributed by atoms with Crippen LogP contribution in [0.1, 0.15) is 19.4 Å². The Morgan fingerprint density at radius 3 is 2.82 bits per heavy atom. The highest BCUT2D eigenvalue weighted by molar-refractivity contribution is 9.10. The van der Waals surface area contributed by atoms with E-state index in [0.29, 0.717) is 6.04 Å². The van der Waals surface area contributed by atoms with Gasteiger partial charge in [-0.3, -0.25) is 0 Å². The topological polar surface area (TPSA) is 17.0 Å². The third kappa shape index (κ3) is 2.55. The molecular weight excluding hydrogens is 276 g/mol. The summed E-state index contributed by atoms with van der Waals surface area (Å²) in [5.41, 5.74) is 2.75. The number of fused-ring (bicyclic) bond motifs is 1. The van der Waals surface area contributed by atoms with Crippen molar-refractivity contribution in [1.29, 1.82) is 0 Å². The molecule has 0 bridgehead atoms. The molecule has 0 amide bonds. The number of nitrogens with zero attached hydrogens (tertiary/aromatic N) is 1. The maximum absolute atomic E-state index is 3.54. The van der Waals surface area contributed by atoms with Crippen molar-refractivity contribution in [2.45, 2.75) is 32.9 Å². The van der Waals surface area contributed by atoms with Gasteiger partial charge in [-0.05, 0) is 45.0 Å². The molecule has 1 unspecified atom stereocenters. The minimum absolute atomic E-state index is 0.509. The van der Waals surface area contributed by atoms with E-state index in [1.807, 2.05) is 7.05 Å². The molecule has 1 aromatic carbocycles. The molecular formula is C14H19BrN2. The first-order chi connectivity index (χ1) is 8.15. The van der Waals surface area contributed by atoms with Gasteiger partial charge in [0.25, 0.3) is 0 Å². The van der Waals surface area contributed by atoms with Crippen molar-refractivity contribution in [2.75, 3.05) is 7.05 Å². The van der Waals surface area contributed by atoms with Crippen molar-refractivity contribution in [3.63, 3.8) is 0 Å². The van der Waals surface area contributed by atoms with Crippen LogP contribution in [-0.2, 0) is 13.0 Å². The van der Waals surface area contributed by atoms with E-state index < -0.39 is 0 Å². The van der Waals surface area contributed by atoms with Crippen molar-refractivity contribution < 1.29 is 0 Å². The summed E-state index contributed by atoms with van der Waals surface area (Å²) in [6.07, 6.45) is 3.35. The minimum Gasteiger partial charge on any atom is -0.347 e. The lowest BCUT2D eigenvalue weighted by atomic mass is 10.1. The van der Waals surface area contributed by atoms with Crippen molar-refractivity contribution in [3.8, 4) is 0 Å². The lowest BCUT2D eigenvalue weighted by molar-refractivity contribution is 0.609. The average Bonchev–Trinajstić information content (AvgIpc) is 2.66. The summed E-state index contributed by atoms with van der Waals surface area (Å²) < 4.78 is 3.46. The molecule has 0 spiro atoms. The van der Waals surface area contributed by atoms with Crippen LogP contribution in [0.15, 0.2) is 28.9 Å². The van der Waals surface area contributed by atoms with Crippen molar-refractivity contribution >= 4 is 26.8 Å². The zero-order valence-corrected chi connectivity index (χ0v) is 12.2. The summed E-state index contributed by atoms with van der Waals surface area (Å²) in [7, 11) is 2.01. The van der Waals surface area contributed by atoms with Crippen LogP contribution in [0.4, 0.5) is 0 Å². The highest BCUT2D eigenvalue weighted by Gasteiger charge is 2.10. The van der Waals surface area contributed by atoms with Gasteiger partial charge in [-0.1, -0.05) is 22.0 Å². The number of aromatic nitrogens is 1. The molecule has 1 heterocycles. The van der Waals surface area contributed by atoms with E-state index in [4.69, 9.17) is 0 Å². The highest BCUT2D eigenvalue weighted by Crippen LogP contribution is 2.26. The Morgan fingerprint density at radius 2 is 2.18 bits per heavy atom. The summed E-state index contributed by atoms with van der Waals surface area (Å²) in [4.78, 5) is 0. The normalized spacial score (nSPS) is 13.2. The van der Waals surface area contributed by atoms with Gasteiger partial charge in [0.05, 0.1) is 0 Å². The monoisotopic (exact) mass is 294 g/mol. The van der Waals surface area contributed by atoms with Crippen LogP contribution in [0.25, 0.3) is 10.9 Å². The van der Waals surface area contributed by atoms with Crippen molar-refractivity contribution in [1.82, 2.24) is 9.88 Å². The maximum atomic E-state index is 3.54. The van der Waals surface area contributed by atoms with Gasteiger partial charge >= 0.3 is 0 Å². The maximum Gasteiger partial charge on any atom is 0.0494 e. The molecule has 0 aliphatic carbocycles. The number of benzene rings is 1. The molecule has 0 saturated heterocycles. The van der Waals surface area contributed by atoms with Gasteiger partial charge < -0.3 is 9.88 Å². The Bertz CT molecular complexity index is 516. The fourth-order valence-corrected chi connectivity index (χ4v) is 2.55. The second kappa shape index (κ2) is 5.23. The number of halogens is 1. The van der Waals surface area contributed by atoms with Crippen LogP contribution < -0.4 is 5.32 Å². The zero-order valence-electron chi connectivity index (χ0n) is 10.6. The fraction of sp³-hybridized carbons (Fsp3) is 0.429. The predicted molar refractivity (Wildman–Crippen MR) is 77.5 cm³/mol. The smallest absolute Gasteiger partial charge is 0.0494 e. The minimum atomic E-state index is 0.509. The highest BCUT2D eigenvalue weighted by atomic mass is 79.9. The Hall–Kier alpha value is -0.800. The third-order valence-electron chi connectivity index (χ3n) is 3.29. The molecule has 3 heteroatoms. The molecule has 0 saturated carbocycles. The first-order valence-electron chi connectivity index (χ1n) is 6.10. The van der Waals surface area contributed by atoms with Crippen LogP contribution >= 0.6 is 15.9 Å². The molecule has 17 heavy (non-hydrogen) atoms. The molecule has 2 nitrogen and oxygen atoms in total. The second-order valence-corrected chi connectivity index (χ2v) is 5.41. The van der Waals surface area contributed by atoms with Gasteiger partial charge in [-0.25, -0.2) is 0 Å². The summed E-state index contributed by atoms with van der Waals surface area (Å²) in [6.45, 7) is 5.42. The quantitative estimate of drug-likeness (QED) is 0.912. The van der Waals surface area contributed by atoms with E-state index in [2.05, 4.69) is 64.1 Å². The largest absolute Gasteiger partial charge is 0.347 e. The van der Waals surface area contributed by atoms with Crippen molar-refractivity contribution in [3.05, 3.63) is 34.4 Å². The van der Waals surface area contributed by atoms with Gasteiger partial charge in [0.1, 0.15) is 0 Å². The molecule has 0 aliphatic heterocycles. The van der Waals surface area contributed by atoms with E-state index in [-0.39, 0.29) is 0 Å². The van der Waals surface area contributed by atoms with Gasteiger partial charge in [0, 0.05) is 34.2 Å². The Kier molecular flexibility index (Phi) is 3.89. The van der Waals surface area contributed by atoms with E-state index in [0.717, 1.165) is 17.4 Å². The Morgan fingerprint density at radius 1 is 1.41 bits per heavy atom. The number of hydrogen-bond acceptors (Lipinski definition) is 1. The fourth-order valence-electron chi connectivity index (χ4n) is 2.20. The average molecular weight is 295 g/mol. The molecule has 1 atom stereocenters. The number of likely N-dealkylation sites (N-methyl/N-ethyl adjacent to an activating group) is 1. The molecule has 1 N–H and O–H groups in total. The van der Waals surface area contributed by atoms with Crippen LogP contribution in [-0.4, -0.2) is 17.7 Å².